The molecule has 0 saturated carbocycles. The highest BCUT2D eigenvalue weighted by Gasteiger charge is 2.17. The van der Waals surface area contributed by atoms with E-state index in [1.165, 1.54) is 25.9 Å². The third-order valence-corrected chi connectivity index (χ3v) is 2.95. The maximum Gasteiger partial charge on any atom is -0.00168 e. The molecule has 86 valence electrons. The average molecular weight is 200 g/mol. The van der Waals surface area contributed by atoms with Crippen molar-refractivity contribution in [1.82, 2.24) is 9.80 Å². The van der Waals surface area contributed by atoms with Gasteiger partial charge in [-0.25, -0.2) is 0 Å². The molecule has 0 amide bonds. The molecule has 0 N–H and O–H groups in total. The molecule has 2 heteroatoms. The zero-order valence-corrected chi connectivity index (χ0v) is 10.9. The minimum Gasteiger partial charge on any atom is -0.309 e. The Morgan fingerprint density at radius 1 is 0.929 bits per heavy atom. The third-order valence-electron chi connectivity index (χ3n) is 2.95. The van der Waals surface area contributed by atoms with Crippen LogP contribution in [-0.2, 0) is 0 Å². The highest BCUT2D eigenvalue weighted by Crippen LogP contribution is 2.25. The normalized spacial score (nSPS) is 12.9. The first kappa shape index (κ1) is 13.9. The fraction of sp³-hybridized carbons (Fsp3) is 1.00. The van der Waals surface area contributed by atoms with Gasteiger partial charge in [-0.3, -0.25) is 0 Å². The molecule has 0 aliphatic rings. The lowest BCUT2D eigenvalue weighted by Crippen LogP contribution is -2.27. The molecular formula is C12H28N2. The lowest BCUT2D eigenvalue weighted by molar-refractivity contribution is 0.219. The van der Waals surface area contributed by atoms with E-state index in [9.17, 15) is 0 Å². The molecule has 0 aliphatic carbocycles. The lowest BCUT2D eigenvalue weighted by atomic mass is 9.85. The maximum absolute atomic E-state index is 2.39. The molecule has 0 aromatic rings. The number of hydrogen-bond donors (Lipinski definition) is 0. The molecule has 0 atom stereocenters. The minimum atomic E-state index is 0.480. The maximum atomic E-state index is 2.39. The van der Waals surface area contributed by atoms with Crippen LogP contribution in [0.25, 0.3) is 0 Å². The van der Waals surface area contributed by atoms with Crippen molar-refractivity contribution >= 4 is 0 Å². The molecule has 0 aliphatic heterocycles. The van der Waals surface area contributed by atoms with E-state index in [2.05, 4.69) is 51.7 Å². The van der Waals surface area contributed by atoms with Crippen LogP contribution in [0.3, 0.4) is 0 Å². The van der Waals surface area contributed by atoms with E-state index in [0.717, 1.165) is 6.54 Å². The Morgan fingerprint density at radius 3 is 1.86 bits per heavy atom. The Morgan fingerprint density at radius 2 is 1.43 bits per heavy atom. The molecule has 0 aromatic heterocycles. The van der Waals surface area contributed by atoms with Crippen molar-refractivity contribution in [2.75, 3.05) is 40.8 Å². The molecular weight excluding hydrogens is 172 g/mol. The van der Waals surface area contributed by atoms with Gasteiger partial charge in [-0.05, 0) is 59.0 Å². The molecule has 0 bridgehead atoms. The van der Waals surface area contributed by atoms with Crippen molar-refractivity contribution in [2.45, 2.75) is 33.6 Å². The molecule has 0 rings (SSSR count). The second kappa shape index (κ2) is 6.41. The summed E-state index contributed by atoms with van der Waals surface area (Å²) in [4.78, 5) is 4.66. The predicted octanol–water partition coefficient (Wildman–Crippen LogP) is 2.31. The van der Waals surface area contributed by atoms with E-state index in [4.69, 9.17) is 0 Å². The molecule has 14 heavy (non-hydrogen) atoms. The van der Waals surface area contributed by atoms with Gasteiger partial charge in [0.15, 0.2) is 0 Å². The van der Waals surface area contributed by atoms with Crippen molar-refractivity contribution < 1.29 is 0 Å². The summed E-state index contributed by atoms with van der Waals surface area (Å²) in [7, 11) is 6.49. The summed E-state index contributed by atoms with van der Waals surface area (Å²) in [5, 5.41) is 0. The molecule has 0 aromatic carbocycles. The zero-order valence-electron chi connectivity index (χ0n) is 10.9. The van der Waals surface area contributed by atoms with E-state index in [1.54, 1.807) is 0 Å². The molecule has 0 spiro atoms. The van der Waals surface area contributed by atoms with E-state index in [0.29, 0.717) is 5.41 Å². The number of rotatable bonds is 7. The highest BCUT2D eigenvalue weighted by molar-refractivity contribution is 4.71. The average Bonchev–Trinajstić information content (AvgIpc) is 2.11. The number of nitrogens with zero attached hydrogens (tertiary/aromatic N) is 2. The Hall–Kier alpha value is -0.0800. The Balaban J connectivity index is 3.71. The topological polar surface area (TPSA) is 6.48 Å². The Bertz CT molecular complexity index is 141. The molecule has 0 saturated heterocycles. The van der Waals surface area contributed by atoms with Gasteiger partial charge >= 0.3 is 0 Å². The van der Waals surface area contributed by atoms with Crippen LogP contribution in [0.5, 0.6) is 0 Å². The second-order valence-electron chi connectivity index (χ2n) is 5.36. The minimum absolute atomic E-state index is 0.480. The van der Waals surface area contributed by atoms with Gasteiger partial charge < -0.3 is 9.80 Å². The standard InChI is InChI=1S/C12H28N2/c1-7-14(6)11-9-12(2,3)8-10-13(4)5/h7-11H2,1-6H3. The predicted molar refractivity (Wildman–Crippen MR) is 64.7 cm³/mol. The van der Waals surface area contributed by atoms with Crippen molar-refractivity contribution in [3.63, 3.8) is 0 Å². The van der Waals surface area contributed by atoms with Gasteiger partial charge in [-0.2, -0.15) is 0 Å². The highest BCUT2D eigenvalue weighted by atomic mass is 15.1. The van der Waals surface area contributed by atoms with Crippen LogP contribution < -0.4 is 0 Å². The summed E-state index contributed by atoms with van der Waals surface area (Å²) in [5.74, 6) is 0. The van der Waals surface area contributed by atoms with Crippen molar-refractivity contribution in [2.24, 2.45) is 5.41 Å². The summed E-state index contributed by atoms with van der Waals surface area (Å²) in [5.41, 5.74) is 0.480. The number of hydrogen-bond acceptors (Lipinski definition) is 2. The van der Waals surface area contributed by atoms with Crippen LogP contribution in [0.4, 0.5) is 0 Å². The van der Waals surface area contributed by atoms with Crippen molar-refractivity contribution in [3.05, 3.63) is 0 Å². The van der Waals surface area contributed by atoms with E-state index in [1.807, 2.05) is 0 Å². The fourth-order valence-electron chi connectivity index (χ4n) is 1.30. The van der Waals surface area contributed by atoms with Crippen LogP contribution in [0.1, 0.15) is 33.6 Å². The second-order valence-corrected chi connectivity index (χ2v) is 5.36. The Labute approximate surface area is 90.3 Å². The molecule has 2 nitrogen and oxygen atoms in total. The summed E-state index contributed by atoms with van der Waals surface area (Å²) < 4.78 is 0. The zero-order chi connectivity index (χ0) is 11.2. The van der Waals surface area contributed by atoms with Gasteiger partial charge in [-0.1, -0.05) is 20.8 Å². The summed E-state index contributed by atoms with van der Waals surface area (Å²) >= 11 is 0. The molecule has 0 radical (unpaired) electrons. The summed E-state index contributed by atoms with van der Waals surface area (Å²) in [6, 6.07) is 0. The van der Waals surface area contributed by atoms with Crippen molar-refractivity contribution in [3.8, 4) is 0 Å². The van der Waals surface area contributed by atoms with Crippen LogP contribution >= 0.6 is 0 Å². The van der Waals surface area contributed by atoms with Gasteiger partial charge in [0.25, 0.3) is 0 Å². The molecule has 0 fully saturated rings. The Kier molecular flexibility index (Phi) is 6.38. The van der Waals surface area contributed by atoms with E-state index in [-0.39, 0.29) is 0 Å². The van der Waals surface area contributed by atoms with Crippen LogP contribution in [-0.4, -0.2) is 50.6 Å². The van der Waals surface area contributed by atoms with Crippen LogP contribution in [0.15, 0.2) is 0 Å². The first-order valence-electron chi connectivity index (χ1n) is 5.70. The summed E-state index contributed by atoms with van der Waals surface area (Å²) in [6.45, 7) is 10.5. The SMILES string of the molecule is CCN(C)CCC(C)(C)CCN(C)C. The van der Waals surface area contributed by atoms with Crippen LogP contribution in [0, 0.1) is 5.41 Å². The van der Waals surface area contributed by atoms with Gasteiger partial charge in [0, 0.05) is 0 Å². The monoisotopic (exact) mass is 200 g/mol. The van der Waals surface area contributed by atoms with Crippen molar-refractivity contribution in [1.29, 1.82) is 0 Å². The smallest absolute Gasteiger partial charge is 0.00168 e. The fourth-order valence-corrected chi connectivity index (χ4v) is 1.30. The summed E-state index contributed by atoms with van der Waals surface area (Å²) in [6.07, 6.45) is 2.59. The van der Waals surface area contributed by atoms with E-state index >= 15 is 0 Å². The van der Waals surface area contributed by atoms with Crippen LogP contribution in [0.2, 0.25) is 0 Å². The first-order chi connectivity index (χ1) is 6.37. The van der Waals surface area contributed by atoms with Gasteiger partial charge in [0.05, 0.1) is 0 Å². The molecule has 0 heterocycles. The third kappa shape index (κ3) is 7.34. The quantitative estimate of drug-likeness (QED) is 0.622. The first-order valence-corrected chi connectivity index (χ1v) is 5.70. The van der Waals surface area contributed by atoms with Gasteiger partial charge in [0.2, 0.25) is 0 Å². The largest absolute Gasteiger partial charge is 0.309 e. The van der Waals surface area contributed by atoms with Gasteiger partial charge in [0.1, 0.15) is 0 Å². The molecule has 0 unspecified atom stereocenters. The van der Waals surface area contributed by atoms with Gasteiger partial charge in [-0.15, -0.1) is 0 Å². The lowest BCUT2D eigenvalue weighted by Gasteiger charge is -2.28. The van der Waals surface area contributed by atoms with E-state index < -0.39 is 0 Å².